The van der Waals surface area contributed by atoms with Gasteiger partial charge < -0.3 is 15.0 Å². The van der Waals surface area contributed by atoms with Gasteiger partial charge in [-0.3, -0.25) is 4.79 Å². The molecule has 0 saturated carbocycles. The molecule has 0 aliphatic carbocycles. The first-order valence-electron chi connectivity index (χ1n) is 10.1. The highest BCUT2D eigenvalue weighted by atomic mass is 19.4. The van der Waals surface area contributed by atoms with E-state index in [0.29, 0.717) is 16.6 Å². The number of halogens is 4. The molecule has 0 saturated heterocycles. The van der Waals surface area contributed by atoms with E-state index in [4.69, 9.17) is 0 Å². The van der Waals surface area contributed by atoms with Crippen molar-refractivity contribution in [1.82, 2.24) is 4.98 Å². The maximum Gasteiger partial charge on any atom is 0.573 e. The minimum Gasteiger partial charge on any atom is -0.406 e. The third-order valence-electron chi connectivity index (χ3n) is 5.48. The zero-order chi connectivity index (χ0) is 23.8. The van der Waals surface area contributed by atoms with Crippen LogP contribution >= 0.6 is 0 Å². The van der Waals surface area contributed by atoms with E-state index in [1.165, 1.54) is 36.4 Å². The van der Waals surface area contributed by atoms with Gasteiger partial charge >= 0.3 is 6.36 Å². The Bertz CT molecular complexity index is 1310. The highest BCUT2D eigenvalue weighted by Gasteiger charge is 2.31. The van der Waals surface area contributed by atoms with Crippen molar-refractivity contribution >= 4 is 22.5 Å². The zero-order valence-electron chi connectivity index (χ0n) is 17.8. The lowest BCUT2D eigenvalue weighted by Gasteiger charge is -2.26. The number of nitrogens with one attached hydrogen (secondary N) is 2. The van der Waals surface area contributed by atoms with Crippen molar-refractivity contribution in [3.05, 3.63) is 95.4 Å². The number of amides is 1. The van der Waals surface area contributed by atoms with Crippen LogP contribution in [-0.2, 0) is 5.41 Å². The standard InChI is InChI=1S/C25H20F4N2O2/c1-24(2,16-6-8-18(26)9-7-16)17-4-3-5-19(14-17)30-23(32)22-13-15-12-20(33-25(27,28)29)10-11-21(15)31-22/h3-14,31H,1-2H3,(H,30,32). The van der Waals surface area contributed by atoms with Gasteiger partial charge in [0.15, 0.2) is 0 Å². The number of rotatable bonds is 5. The predicted molar refractivity (Wildman–Crippen MR) is 118 cm³/mol. The van der Waals surface area contributed by atoms with Crippen LogP contribution in [-0.4, -0.2) is 17.3 Å². The number of anilines is 1. The first-order chi connectivity index (χ1) is 15.5. The number of benzene rings is 3. The summed E-state index contributed by atoms with van der Waals surface area (Å²) in [4.78, 5) is 15.7. The number of aromatic nitrogens is 1. The van der Waals surface area contributed by atoms with Gasteiger partial charge in [0, 0.05) is 22.0 Å². The smallest absolute Gasteiger partial charge is 0.406 e. The Morgan fingerprint density at radius 2 is 1.64 bits per heavy atom. The molecule has 2 N–H and O–H groups in total. The Kier molecular flexibility index (Phi) is 5.61. The van der Waals surface area contributed by atoms with Gasteiger partial charge in [-0.2, -0.15) is 0 Å². The number of ether oxygens (including phenoxy) is 1. The van der Waals surface area contributed by atoms with Crippen molar-refractivity contribution in [2.45, 2.75) is 25.6 Å². The van der Waals surface area contributed by atoms with E-state index in [-0.39, 0.29) is 17.3 Å². The summed E-state index contributed by atoms with van der Waals surface area (Å²) < 4.78 is 54.6. The first-order valence-corrected chi connectivity index (χ1v) is 10.1. The highest BCUT2D eigenvalue weighted by Crippen LogP contribution is 2.33. The Morgan fingerprint density at radius 3 is 2.33 bits per heavy atom. The van der Waals surface area contributed by atoms with Crippen LogP contribution in [0.25, 0.3) is 10.9 Å². The van der Waals surface area contributed by atoms with Crippen LogP contribution in [0.5, 0.6) is 5.75 Å². The third-order valence-corrected chi connectivity index (χ3v) is 5.48. The number of hydrogen-bond acceptors (Lipinski definition) is 2. The Balaban J connectivity index is 1.55. The van der Waals surface area contributed by atoms with Crippen LogP contribution in [0.4, 0.5) is 23.2 Å². The van der Waals surface area contributed by atoms with E-state index in [2.05, 4.69) is 15.0 Å². The van der Waals surface area contributed by atoms with Crippen LogP contribution < -0.4 is 10.1 Å². The van der Waals surface area contributed by atoms with Crippen molar-refractivity contribution in [1.29, 1.82) is 0 Å². The van der Waals surface area contributed by atoms with E-state index in [0.717, 1.165) is 11.1 Å². The number of H-pyrrole nitrogens is 1. The molecule has 33 heavy (non-hydrogen) atoms. The molecule has 170 valence electrons. The second-order valence-corrected chi connectivity index (χ2v) is 8.15. The quantitative estimate of drug-likeness (QED) is 0.325. The Morgan fingerprint density at radius 1 is 0.909 bits per heavy atom. The molecule has 4 rings (SSSR count). The molecule has 4 aromatic rings. The summed E-state index contributed by atoms with van der Waals surface area (Å²) in [6.07, 6.45) is -4.79. The molecule has 0 aliphatic rings. The lowest BCUT2D eigenvalue weighted by atomic mass is 9.78. The summed E-state index contributed by atoms with van der Waals surface area (Å²) in [5.74, 6) is -1.12. The van der Waals surface area contributed by atoms with Crippen LogP contribution in [0.3, 0.4) is 0 Å². The molecule has 0 spiro atoms. The van der Waals surface area contributed by atoms with Crippen molar-refractivity contribution in [3.63, 3.8) is 0 Å². The predicted octanol–water partition coefficient (Wildman–Crippen LogP) is 6.78. The molecule has 4 nitrogen and oxygen atoms in total. The number of aromatic amines is 1. The molecule has 3 aromatic carbocycles. The fourth-order valence-electron chi connectivity index (χ4n) is 3.65. The summed E-state index contributed by atoms with van der Waals surface area (Å²) in [5, 5.41) is 3.21. The fraction of sp³-hybridized carbons (Fsp3) is 0.160. The van der Waals surface area contributed by atoms with Crippen molar-refractivity contribution in [2.75, 3.05) is 5.32 Å². The summed E-state index contributed by atoms with van der Waals surface area (Å²) in [6.45, 7) is 4.00. The van der Waals surface area contributed by atoms with Gasteiger partial charge in [0.25, 0.3) is 5.91 Å². The molecule has 1 aromatic heterocycles. The summed E-state index contributed by atoms with van der Waals surface area (Å²) in [6, 6.07) is 18.8. The second-order valence-electron chi connectivity index (χ2n) is 8.15. The topological polar surface area (TPSA) is 54.1 Å². The maximum atomic E-state index is 13.3. The fourth-order valence-corrected chi connectivity index (χ4v) is 3.65. The largest absolute Gasteiger partial charge is 0.573 e. The monoisotopic (exact) mass is 456 g/mol. The average Bonchev–Trinajstić information content (AvgIpc) is 3.17. The lowest BCUT2D eigenvalue weighted by Crippen LogP contribution is -2.19. The molecule has 1 heterocycles. The van der Waals surface area contributed by atoms with Gasteiger partial charge in [0.2, 0.25) is 0 Å². The molecular formula is C25H20F4N2O2. The third kappa shape index (κ3) is 5.00. The number of carbonyl (C=O) groups is 1. The molecule has 0 bridgehead atoms. The van der Waals surface area contributed by atoms with E-state index >= 15 is 0 Å². The van der Waals surface area contributed by atoms with Crippen LogP contribution in [0.15, 0.2) is 72.8 Å². The lowest BCUT2D eigenvalue weighted by molar-refractivity contribution is -0.274. The van der Waals surface area contributed by atoms with Crippen molar-refractivity contribution in [2.24, 2.45) is 0 Å². The van der Waals surface area contributed by atoms with Crippen molar-refractivity contribution < 1.29 is 27.1 Å². The van der Waals surface area contributed by atoms with E-state index < -0.39 is 17.7 Å². The van der Waals surface area contributed by atoms with E-state index in [9.17, 15) is 22.4 Å². The van der Waals surface area contributed by atoms with Gasteiger partial charge in [-0.25, -0.2) is 4.39 Å². The van der Waals surface area contributed by atoms with Gasteiger partial charge in [0.1, 0.15) is 17.3 Å². The first kappa shape index (κ1) is 22.4. The molecule has 0 unspecified atom stereocenters. The number of hydrogen-bond donors (Lipinski definition) is 2. The number of alkyl halides is 3. The maximum absolute atomic E-state index is 13.3. The summed E-state index contributed by atoms with van der Waals surface area (Å²) in [5.41, 5.74) is 2.63. The summed E-state index contributed by atoms with van der Waals surface area (Å²) in [7, 11) is 0. The number of fused-ring (bicyclic) bond motifs is 1. The average molecular weight is 456 g/mol. The second kappa shape index (κ2) is 8.27. The van der Waals surface area contributed by atoms with Crippen molar-refractivity contribution in [3.8, 4) is 5.75 Å². The van der Waals surface area contributed by atoms with E-state index in [1.54, 1.807) is 18.2 Å². The van der Waals surface area contributed by atoms with Gasteiger partial charge in [0.05, 0.1) is 0 Å². The number of carbonyl (C=O) groups excluding carboxylic acids is 1. The Labute approximate surface area is 187 Å². The van der Waals surface area contributed by atoms with Crippen LogP contribution in [0, 0.1) is 5.82 Å². The van der Waals surface area contributed by atoms with Gasteiger partial charge in [-0.15, -0.1) is 13.2 Å². The van der Waals surface area contributed by atoms with Crippen LogP contribution in [0.2, 0.25) is 0 Å². The molecule has 0 aliphatic heterocycles. The molecule has 0 fully saturated rings. The van der Waals surface area contributed by atoms with Gasteiger partial charge in [-0.05, 0) is 59.7 Å². The van der Waals surface area contributed by atoms with Crippen LogP contribution in [0.1, 0.15) is 35.5 Å². The molecular weight excluding hydrogens is 436 g/mol. The minimum atomic E-state index is -4.79. The molecule has 0 atom stereocenters. The summed E-state index contributed by atoms with van der Waals surface area (Å²) >= 11 is 0. The normalized spacial score (nSPS) is 12.1. The van der Waals surface area contributed by atoms with E-state index in [1.807, 2.05) is 32.0 Å². The molecule has 8 heteroatoms. The minimum absolute atomic E-state index is 0.192. The zero-order valence-corrected chi connectivity index (χ0v) is 17.8. The van der Waals surface area contributed by atoms with Gasteiger partial charge in [-0.1, -0.05) is 38.1 Å². The molecule has 0 radical (unpaired) electrons. The highest BCUT2D eigenvalue weighted by molar-refractivity contribution is 6.06. The SMILES string of the molecule is CC(C)(c1ccc(F)cc1)c1cccc(NC(=O)c2cc3cc(OC(F)(F)F)ccc3[nH]2)c1. The Hall–Kier alpha value is -3.81. The molecule has 1 amide bonds.